The van der Waals surface area contributed by atoms with Gasteiger partial charge in [0.25, 0.3) is 0 Å². The molecule has 1 N–H and O–H groups in total. The number of amides is 1. The van der Waals surface area contributed by atoms with Gasteiger partial charge in [-0.3, -0.25) is 9.59 Å². The van der Waals surface area contributed by atoms with E-state index in [0.29, 0.717) is 5.56 Å². The SMILES string of the molecule is O=Cc1ccc(N2CCC(C(=O)NCC3(c4ccccc4)CCCC3)CC2)cc1. The van der Waals surface area contributed by atoms with Crippen molar-refractivity contribution < 1.29 is 9.59 Å². The Kier molecular flexibility index (Phi) is 5.98. The number of hydrogen-bond acceptors (Lipinski definition) is 3. The zero-order valence-corrected chi connectivity index (χ0v) is 17.0. The zero-order valence-electron chi connectivity index (χ0n) is 17.0. The molecule has 0 atom stereocenters. The van der Waals surface area contributed by atoms with Crippen molar-refractivity contribution in [1.29, 1.82) is 0 Å². The summed E-state index contributed by atoms with van der Waals surface area (Å²) in [6.07, 6.45) is 7.42. The first-order chi connectivity index (χ1) is 14.2. The molecule has 1 aliphatic heterocycles. The molecule has 1 heterocycles. The Labute approximate surface area is 173 Å². The van der Waals surface area contributed by atoms with Gasteiger partial charge in [-0.1, -0.05) is 43.2 Å². The molecule has 2 aromatic rings. The van der Waals surface area contributed by atoms with E-state index in [9.17, 15) is 9.59 Å². The molecular weight excluding hydrogens is 360 g/mol. The summed E-state index contributed by atoms with van der Waals surface area (Å²) in [6, 6.07) is 18.4. The molecule has 0 unspecified atom stereocenters. The van der Waals surface area contributed by atoms with Gasteiger partial charge in [-0.05, 0) is 55.5 Å². The number of nitrogens with zero attached hydrogens (tertiary/aromatic N) is 1. The highest BCUT2D eigenvalue weighted by atomic mass is 16.1. The average Bonchev–Trinajstić information content (AvgIpc) is 3.28. The topological polar surface area (TPSA) is 49.4 Å². The van der Waals surface area contributed by atoms with Gasteiger partial charge in [0.15, 0.2) is 0 Å². The predicted molar refractivity (Wildman–Crippen MR) is 116 cm³/mol. The summed E-state index contributed by atoms with van der Waals surface area (Å²) in [7, 11) is 0. The lowest BCUT2D eigenvalue weighted by Crippen LogP contribution is -2.44. The number of piperidine rings is 1. The third kappa shape index (κ3) is 4.36. The van der Waals surface area contributed by atoms with Crippen LogP contribution in [0.15, 0.2) is 54.6 Å². The van der Waals surface area contributed by atoms with Gasteiger partial charge in [0.05, 0.1) is 0 Å². The first-order valence-corrected chi connectivity index (χ1v) is 10.8. The Morgan fingerprint density at radius 3 is 2.28 bits per heavy atom. The van der Waals surface area contributed by atoms with E-state index in [0.717, 1.165) is 57.3 Å². The minimum atomic E-state index is 0.0923. The molecule has 0 radical (unpaired) electrons. The maximum absolute atomic E-state index is 12.9. The number of carbonyl (C=O) groups is 2. The summed E-state index contributed by atoms with van der Waals surface area (Å²) >= 11 is 0. The summed E-state index contributed by atoms with van der Waals surface area (Å²) in [5.41, 5.74) is 3.30. The normalized spacial score (nSPS) is 19.1. The van der Waals surface area contributed by atoms with Crippen LogP contribution in [-0.4, -0.2) is 31.8 Å². The van der Waals surface area contributed by atoms with Crippen molar-refractivity contribution in [2.45, 2.75) is 43.9 Å². The molecule has 4 heteroatoms. The third-order valence-electron chi connectivity index (χ3n) is 6.81. The first kappa shape index (κ1) is 19.7. The molecule has 4 nitrogen and oxygen atoms in total. The molecular formula is C25H30N2O2. The van der Waals surface area contributed by atoms with Crippen LogP contribution in [0.3, 0.4) is 0 Å². The Bertz CT molecular complexity index is 818. The number of aldehydes is 1. The van der Waals surface area contributed by atoms with Crippen molar-refractivity contribution in [2.75, 3.05) is 24.5 Å². The van der Waals surface area contributed by atoms with E-state index in [-0.39, 0.29) is 17.2 Å². The molecule has 1 saturated carbocycles. The maximum Gasteiger partial charge on any atom is 0.223 e. The zero-order chi connectivity index (χ0) is 20.1. The van der Waals surface area contributed by atoms with Gasteiger partial charge in [0.2, 0.25) is 5.91 Å². The van der Waals surface area contributed by atoms with Crippen LogP contribution in [0.5, 0.6) is 0 Å². The second-order valence-corrected chi connectivity index (χ2v) is 8.54. The molecule has 0 aromatic heterocycles. The molecule has 2 aliphatic rings. The van der Waals surface area contributed by atoms with Crippen LogP contribution in [0.1, 0.15) is 54.4 Å². The van der Waals surface area contributed by atoms with Gasteiger partial charge < -0.3 is 10.2 Å². The Hall–Kier alpha value is -2.62. The average molecular weight is 391 g/mol. The van der Waals surface area contributed by atoms with Gasteiger partial charge in [-0.2, -0.15) is 0 Å². The van der Waals surface area contributed by atoms with Crippen LogP contribution in [0.25, 0.3) is 0 Å². The second-order valence-electron chi connectivity index (χ2n) is 8.54. The standard InChI is InChI=1S/C25H30N2O2/c28-18-20-8-10-23(11-9-20)27-16-12-21(13-17-27)24(29)26-19-25(14-4-5-15-25)22-6-2-1-3-7-22/h1-3,6-11,18,21H,4-5,12-17,19H2,(H,26,29). The van der Waals surface area contributed by atoms with E-state index in [1.807, 2.05) is 24.3 Å². The number of carbonyl (C=O) groups excluding carboxylic acids is 2. The smallest absolute Gasteiger partial charge is 0.223 e. The Balaban J connectivity index is 1.32. The number of rotatable bonds is 6. The fourth-order valence-electron chi connectivity index (χ4n) is 4.98. The van der Waals surface area contributed by atoms with Crippen molar-refractivity contribution in [3.8, 4) is 0 Å². The molecule has 29 heavy (non-hydrogen) atoms. The molecule has 152 valence electrons. The maximum atomic E-state index is 12.9. The highest BCUT2D eigenvalue weighted by Gasteiger charge is 2.36. The van der Waals surface area contributed by atoms with Crippen molar-refractivity contribution in [3.63, 3.8) is 0 Å². The lowest BCUT2D eigenvalue weighted by molar-refractivity contribution is -0.125. The quantitative estimate of drug-likeness (QED) is 0.747. The minimum Gasteiger partial charge on any atom is -0.371 e. The summed E-state index contributed by atoms with van der Waals surface area (Å²) in [6.45, 7) is 2.51. The monoisotopic (exact) mass is 390 g/mol. The molecule has 1 saturated heterocycles. The summed E-state index contributed by atoms with van der Waals surface area (Å²) < 4.78 is 0. The van der Waals surface area contributed by atoms with Crippen molar-refractivity contribution >= 4 is 17.9 Å². The summed E-state index contributed by atoms with van der Waals surface area (Å²) in [5.74, 6) is 0.304. The van der Waals surface area contributed by atoms with Crippen LogP contribution in [0, 0.1) is 5.92 Å². The van der Waals surface area contributed by atoms with Crippen LogP contribution >= 0.6 is 0 Å². The van der Waals surface area contributed by atoms with Crippen molar-refractivity contribution in [3.05, 3.63) is 65.7 Å². The number of hydrogen-bond donors (Lipinski definition) is 1. The van der Waals surface area contributed by atoms with E-state index < -0.39 is 0 Å². The van der Waals surface area contributed by atoms with Crippen LogP contribution < -0.4 is 10.2 Å². The fourth-order valence-corrected chi connectivity index (χ4v) is 4.98. The first-order valence-electron chi connectivity index (χ1n) is 10.8. The van der Waals surface area contributed by atoms with Gasteiger partial charge in [0.1, 0.15) is 6.29 Å². The van der Waals surface area contributed by atoms with Crippen LogP contribution in [0.2, 0.25) is 0 Å². The predicted octanol–water partition coefficient (Wildman–Crippen LogP) is 4.34. The lowest BCUT2D eigenvalue weighted by atomic mass is 9.78. The number of nitrogens with one attached hydrogen (secondary N) is 1. The Morgan fingerprint density at radius 2 is 1.66 bits per heavy atom. The lowest BCUT2D eigenvalue weighted by Gasteiger charge is -2.34. The highest BCUT2D eigenvalue weighted by Crippen LogP contribution is 2.40. The summed E-state index contributed by atoms with van der Waals surface area (Å²) in [4.78, 5) is 26.0. The summed E-state index contributed by atoms with van der Waals surface area (Å²) in [5, 5.41) is 3.31. The molecule has 1 aliphatic carbocycles. The fraction of sp³-hybridized carbons (Fsp3) is 0.440. The molecule has 0 bridgehead atoms. The van der Waals surface area contributed by atoms with Crippen molar-refractivity contribution in [1.82, 2.24) is 5.32 Å². The Morgan fingerprint density at radius 1 is 1.00 bits per heavy atom. The number of anilines is 1. The van der Waals surface area contributed by atoms with Gasteiger partial charge >= 0.3 is 0 Å². The van der Waals surface area contributed by atoms with E-state index in [1.165, 1.54) is 18.4 Å². The third-order valence-corrected chi connectivity index (χ3v) is 6.81. The van der Waals surface area contributed by atoms with Crippen molar-refractivity contribution in [2.24, 2.45) is 5.92 Å². The molecule has 1 amide bonds. The van der Waals surface area contributed by atoms with Gasteiger partial charge in [0, 0.05) is 42.2 Å². The molecule has 4 rings (SSSR count). The molecule has 2 fully saturated rings. The van der Waals surface area contributed by atoms with Gasteiger partial charge in [-0.15, -0.1) is 0 Å². The largest absolute Gasteiger partial charge is 0.371 e. The second kappa shape index (κ2) is 8.81. The minimum absolute atomic E-state index is 0.0923. The highest BCUT2D eigenvalue weighted by molar-refractivity contribution is 5.79. The van der Waals surface area contributed by atoms with Crippen LogP contribution in [-0.2, 0) is 10.2 Å². The molecule has 2 aromatic carbocycles. The van der Waals surface area contributed by atoms with E-state index >= 15 is 0 Å². The van der Waals surface area contributed by atoms with E-state index in [2.05, 4.69) is 40.5 Å². The molecule has 0 spiro atoms. The van der Waals surface area contributed by atoms with Gasteiger partial charge in [-0.25, -0.2) is 0 Å². The number of benzene rings is 2. The van der Waals surface area contributed by atoms with E-state index in [4.69, 9.17) is 0 Å². The van der Waals surface area contributed by atoms with E-state index in [1.54, 1.807) is 0 Å². The van der Waals surface area contributed by atoms with Crippen LogP contribution in [0.4, 0.5) is 5.69 Å².